The van der Waals surface area contributed by atoms with Crippen LogP contribution in [0.2, 0.25) is 0 Å². The van der Waals surface area contributed by atoms with Crippen molar-refractivity contribution in [1.82, 2.24) is 0 Å². The number of halogens is 1. The number of thiol groups is 1. The summed E-state index contributed by atoms with van der Waals surface area (Å²) >= 11 is 9.67. The van der Waals surface area contributed by atoms with E-state index in [1.54, 1.807) is 11.3 Å². The van der Waals surface area contributed by atoms with Crippen molar-refractivity contribution in [2.45, 2.75) is 11.8 Å². The van der Waals surface area contributed by atoms with Crippen LogP contribution in [-0.2, 0) is 0 Å². The molecule has 0 unspecified atom stereocenters. The summed E-state index contributed by atoms with van der Waals surface area (Å²) in [4.78, 5) is 1.06. The Hall–Kier alpha value is 0.01000. The lowest BCUT2D eigenvalue weighted by Crippen LogP contribution is -1.72. The number of fused-ring (bicyclic) bond motifs is 1. The van der Waals surface area contributed by atoms with Gasteiger partial charge in [0.1, 0.15) is 0 Å². The summed E-state index contributed by atoms with van der Waals surface area (Å²) in [6.07, 6.45) is 0. The highest BCUT2D eigenvalue weighted by atomic mass is 79.9. The smallest absolute Gasteiger partial charge is 0.0844 e. The summed E-state index contributed by atoms with van der Waals surface area (Å²) in [5.41, 5.74) is 1.29. The molecular weight excluding hydrogens is 252 g/mol. The Balaban J connectivity index is 2.97. The van der Waals surface area contributed by atoms with E-state index in [1.807, 2.05) is 0 Å². The highest BCUT2D eigenvalue weighted by molar-refractivity contribution is 9.11. The van der Waals surface area contributed by atoms with Crippen LogP contribution in [-0.4, -0.2) is 0 Å². The van der Waals surface area contributed by atoms with Crippen molar-refractivity contribution in [2.75, 3.05) is 0 Å². The Kier molecular flexibility index (Phi) is 2.19. The zero-order chi connectivity index (χ0) is 8.72. The van der Waals surface area contributed by atoms with E-state index in [9.17, 15) is 0 Å². The monoisotopic (exact) mass is 258 g/mol. The first-order chi connectivity index (χ1) is 5.70. The fraction of sp³-hybridized carbons (Fsp3) is 0.111. The van der Waals surface area contributed by atoms with E-state index in [0.29, 0.717) is 0 Å². The highest BCUT2D eigenvalue weighted by Gasteiger charge is 2.07. The number of hydrogen-bond donors (Lipinski definition) is 1. The number of hydrogen-bond acceptors (Lipinski definition) is 2. The topological polar surface area (TPSA) is 0 Å². The van der Waals surface area contributed by atoms with E-state index in [2.05, 4.69) is 53.7 Å². The van der Waals surface area contributed by atoms with Crippen LogP contribution in [0.3, 0.4) is 0 Å². The van der Waals surface area contributed by atoms with Crippen molar-refractivity contribution >= 4 is 50.0 Å². The minimum Gasteiger partial charge on any atom is -0.141 e. The molecule has 1 aromatic heterocycles. The molecule has 0 N–H and O–H groups in total. The fourth-order valence-corrected chi connectivity index (χ4v) is 3.41. The van der Waals surface area contributed by atoms with E-state index in [1.165, 1.54) is 15.6 Å². The second kappa shape index (κ2) is 3.05. The summed E-state index contributed by atoms with van der Waals surface area (Å²) in [5.74, 6) is 0. The molecule has 12 heavy (non-hydrogen) atoms. The summed E-state index contributed by atoms with van der Waals surface area (Å²) in [7, 11) is 0. The second-order valence-corrected chi connectivity index (χ2v) is 5.49. The van der Waals surface area contributed by atoms with Gasteiger partial charge in [-0.1, -0.05) is 12.1 Å². The molecule has 0 aliphatic carbocycles. The van der Waals surface area contributed by atoms with E-state index >= 15 is 0 Å². The van der Waals surface area contributed by atoms with Gasteiger partial charge in [0.25, 0.3) is 0 Å². The summed E-state index contributed by atoms with van der Waals surface area (Å²) in [5, 5.41) is 1.28. The van der Waals surface area contributed by atoms with Gasteiger partial charge < -0.3 is 0 Å². The van der Waals surface area contributed by atoms with Crippen LogP contribution in [0.4, 0.5) is 0 Å². The molecule has 2 rings (SSSR count). The number of rotatable bonds is 0. The molecular formula is C9H7BrS2. The first kappa shape index (κ1) is 8.60. The summed E-state index contributed by atoms with van der Waals surface area (Å²) in [6.45, 7) is 2.11. The molecule has 0 radical (unpaired) electrons. The highest BCUT2D eigenvalue weighted by Crippen LogP contribution is 2.39. The zero-order valence-electron chi connectivity index (χ0n) is 6.47. The van der Waals surface area contributed by atoms with Gasteiger partial charge in [-0.2, -0.15) is 0 Å². The Morgan fingerprint density at radius 1 is 1.42 bits per heavy atom. The Bertz CT molecular complexity index is 431. The second-order valence-electron chi connectivity index (χ2n) is 2.67. The molecule has 2 aromatic rings. The third-order valence-corrected chi connectivity index (χ3v) is 4.59. The molecule has 1 heterocycles. The van der Waals surface area contributed by atoms with Crippen LogP contribution in [0.5, 0.6) is 0 Å². The quantitative estimate of drug-likeness (QED) is 0.671. The Morgan fingerprint density at radius 2 is 2.17 bits per heavy atom. The van der Waals surface area contributed by atoms with Crippen molar-refractivity contribution in [3.63, 3.8) is 0 Å². The third-order valence-electron chi connectivity index (χ3n) is 1.86. The van der Waals surface area contributed by atoms with Crippen LogP contribution in [0, 0.1) is 6.92 Å². The molecule has 0 atom stereocenters. The number of aryl methyl sites for hydroxylation is 1. The molecule has 1 aromatic carbocycles. The van der Waals surface area contributed by atoms with Crippen LogP contribution < -0.4 is 0 Å². The van der Waals surface area contributed by atoms with Crippen LogP contribution in [0.1, 0.15) is 5.56 Å². The number of thiophene rings is 1. The largest absolute Gasteiger partial charge is 0.141 e. The molecule has 62 valence electrons. The minimum absolute atomic E-state index is 1.06. The zero-order valence-corrected chi connectivity index (χ0v) is 9.76. The third kappa shape index (κ3) is 1.20. The Morgan fingerprint density at radius 3 is 2.83 bits per heavy atom. The number of benzene rings is 1. The van der Waals surface area contributed by atoms with Crippen molar-refractivity contribution < 1.29 is 0 Å². The maximum atomic E-state index is 4.45. The van der Waals surface area contributed by atoms with Crippen molar-refractivity contribution in [2.24, 2.45) is 0 Å². The van der Waals surface area contributed by atoms with Gasteiger partial charge in [0.05, 0.1) is 3.79 Å². The average Bonchev–Trinajstić information content (AvgIpc) is 2.29. The van der Waals surface area contributed by atoms with Gasteiger partial charge >= 0.3 is 0 Å². The van der Waals surface area contributed by atoms with Crippen molar-refractivity contribution in [3.05, 3.63) is 27.5 Å². The molecule has 0 aliphatic rings. The summed E-state index contributed by atoms with van der Waals surface area (Å²) in [6, 6.07) is 6.31. The van der Waals surface area contributed by atoms with Gasteiger partial charge in [0.15, 0.2) is 0 Å². The lowest BCUT2D eigenvalue weighted by molar-refractivity contribution is 1.49. The van der Waals surface area contributed by atoms with Gasteiger partial charge in [0.2, 0.25) is 0 Å². The summed E-state index contributed by atoms with van der Waals surface area (Å²) < 4.78 is 2.42. The maximum absolute atomic E-state index is 4.45. The van der Waals surface area contributed by atoms with Crippen LogP contribution in [0.15, 0.2) is 26.9 Å². The van der Waals surface area contributed by atoms with Crippen molar-refractivity contribution in [3.8, 4) is 0 Å². The molecule has 0 bridgehead atoms. The maximum Gasteiger partial charge on any atom is 0.0844 e. The van der Waals surface area contributed by atoms with Gasteiger partial charge in [-0.25, -0.2) is 0 Å². The molecule has 0 aliphatic heterocycles. The van der Waals surface area contributed by atoms with E-state index < -0.39 is 0 Å². The van der Waals surface area contributed by atoms with Crippen LogP contribution >= 0.6 is 39.9 Å². The van der Waals surface area contributed by atoms with Gasteiger partial charge in [-0.15, -0.1) is 24.0 Å². The first-order valence-corrected chi connectivity index (χ1v) is 5.62. The fourth-order valence-electron chi connectivity index (χ4n) is 1.27. The van der Waals surface area contributed by atoms with Gasteiger partial charge in [-0.05, 0) is 34.5 Å². The molecule has 0 saturated carbocycles. The molecule has 3 heteroatoms. The Labute approximate surface area is 89.1 Å². The molecule has 0 fully saturated rings. The van der Waals surface area contributed by atoms with E-state index in [4.69, 9.17) is 0 Å². The standard InChI is InChI=1S/C9H7BrS2/c1-5-3-2-4-6-7(5)8(11)9(10)12-6/h2-4,11H,1H3. The lowest BCUT2D eigenvalue weighted by Gasteiger charge is -1.95. The molecule has 0 amide bonds. The normalized spacial score (nSPS) is 10.9. The predicted molar refractivity (Wildman–Crippen MR) is 61.5 cm³/mol. The van der Waals surface area contributed by atoms with Crippen molar-refractivity contribution in [1.29, 1.82) is 0 Å². The SMILES string of the molecule is Cc1cccc2sc(Br)c(S)c12. The molecule has 0 nitrogen and oxygen atoms in total. The van der Waals surface area contributed by atoms with Gasteiger partial charge in [-0.3, -0.25) is 0 Å². The molecule has 0 saturated heterocycles. The molecule has 0 spiro atoms. The van der Waals surface area contributed by atoms with E-state index in [0.717, 1.165) is 8.68 Å². The predicted octanol–water partition coefficient (Wildman–Crippen LogP) is 4.26. The van der Waals surface area contributed by atoms with Gasteiger partial charge in [0, 0.05) is 15.0 Å². The van der Waals surface area contributed by atoms with E-state index in [-0.39, 0.29) is 0 Å². The average molecular weight is 259 g/mol. The minimum atomic E-state index is 1.06. The first-order valence-electron chi connectivity index (χ1n) is 3.56. The van der Waals surface area contributed by atoms with Crippen LogP contribution in [0.25, 0.3) is 10.1 Å². The lowest BCUT2D eigenvalue weighted by atomic mass is 10.2.